The highest BCUT2D eigenvalue weighted by atomic mass is 32.2. The van der Waals surface area contributed by atoms with E-state index in [0.717, 1.165) is 17.1 Å². The van der Waals surface area contributed by atoms with Gasteiger partial charge in [-0.1, -0.05) is 6.92 Å². The minimum Gasteiger partial charge on any atom is -0.260 e. The molecule has 0 saturated heterocycles. The minimum absolute atomic E-state index is 0.694. The van der Waals surface area contributed by atoms with Crippen LogP contribution in [0.3, 0.4) is 0 Å². The van der Waals surface area contributed by atoms with E-state index in [4.69, 9.17) is 0 Å². The molecule has 0 aliphatic heterocycles. The molecule has 0 aliphatic carbocycles. The number of rotatable bonds is 3. The van der Waals surface area contributed by atoms with E-state index >= 15 is 0 Å². The third kappa shape index (κ3) is 2.73. The molecule has 0 amide bonds. The van der Waals surface area contributed by atoms with Crippen LogP contribution in [0.5, 0.6) is 0 Å². The Morgan fingerprint density at radius 1 is 1.20 bits per heavy atom. The van der Waals surface area contributed by atoms with E-state index in [-0.39, 0.29) is 0 Å². The van der Waals surface area contributed by atoms with Gasteiger partial charge in [-0.05, 0) is 24.2 Å². The lowest BCUT2D eigenvalue weighted by Gasteiger charge is -1.99. The van der Waals surface area contributed by atoms with Gasteiger partial charge in [0.2, 0.25) is 0 Å². The number of nitrogens with zero attached hydrogens (tertiary/aromatic N) is 4. The zero-order valence-electron chi connectivity index (χ0n) is 8.29. The smallest absolute Gasteiger partial charge is 0.193 e. The highest BCUT2D eigenvalue weighted by molar-refractivity contribution is 7.99. The van der Waals surface area contributed by atoms with Crippen molar-refractivity contribution in [3.05, 3.63) is 36.5 Å². The maximum Gasteiger partial charge on any atom is 0.193 e. The Bertz CT molecular complexity index is 432. The molecule has 0 radical (unpaired) electrons. The van der Waals surface area contributed by atoms with Crippen molar-refractivity contribution < 1.29 is 0 Å². The van der Waals surface area contributed by atoms with Crippen LogP contribution in [0, 0.1) is 0 Å². The maximum absolute atomic E-state index is 4.41. The van der Waals surface area contributed by atoms with Crippen LogP contribution in [0.1, 0.15) is 12.6 Å². The van der Waals surface area contributed by atoms with Gasteiger partial charge in [0.25, 0.3) is 0 Å². The lowest BCUT2D eigenvalue weighted by atomic mass is 10.4. The molecule has 0 N–H and O–H groups in total. The third-order valence-corrected chi connectivity index (χ3v) is 2.56. The van der Waals surface area contributed by atoms with E-state index in [1.807, 2.05) is 0 Å². The van der Waals surface area contributed by atoms with Crippen LogP contribution in [-0.2, 0) is 6.42 Å². The standard InChI is InChI=1S/C10H10N4S/c1-2-8-6-11-7-9(14-8)15-10-12-4-3-5-13-10/h3-7H,2H2,1H3. The molecule has 0 fully saturated rings. The van der Waals surface area contributed by atoms with Crippen LogP contribution in [0.25, 0.3) is 0 Å². The quantitative estimate of drug-likeness (QED) is 0.737. The minimum atomic E-state index is 0.694. The fraction of sp³-hybridized carbons (Fsp3) is 0.200. The molecule has 2 rings (SSSR count). The van der Waals surface area contributed by atoms with E-state index in [9.17, 15) is 0 Å². The second-order valence-electron chi connectivity index (χ2n) is 2.84. The van der Waals surface area contributed by atoms with Crippen molar-refractivity contribution in [1.29, 1.82) is 0 Å². The molecule has 0 aliphatic rings. The molecule has 4 nitrogen and oxygen atoms in total. The summed E-state index contributed by atoms with van der Waals surface area (Å²) < 4.78 is 0. The van der Waals surface area contributed by atoms with Crippen molar-refractivity contribution in [2.24, 2.45) is 0 Å². The molecule has 0 aromatic carbocycles. The van der Waals surface area contributed by atoms with Crippen LogP contribution >= 0.6 is 11.8 Å². The molecule has 0 atom stereocenters. The Hall–Kier alpha value is -1.49. The van der Waals surface area contributed by atoms with Crippen LogP contribution in [0.2, 0.25) is 0 Å². The predicted octanol–water partition coefficient (Wildman–Crippen LogP) is 1.98. The van der Waals surface area contributed by atoms with Gasteiger partial charge in [-0.15, -0.1) is 0 Å². The van der Waals surface area contributed by atoms with Gasteiger partial charge < -0.3 is 0 Å². The molecular weight excluding hydrogens is 208 g/mol. The van der Waals surface area contributed by atoms with Crippen LogP contribution in [-0.4, -0.2) is 19.9 Å². The van der Waals surface area contributed by atoms with Gasteiger partial charge in [0.1, 0.15) is 5.03 Å². The Balaban J connectivity index is 2.17. The maximum atomic E-state index is 4.41. The summed E-state index contributed by atoms with van der Waals surface area (Å²) in [5.74, 6) is 0. The Morgan fingerprint density at radius 2 is 2.00 bits per heavy atom. The molecular formula is C10H10N4S. The first-order valence-corrected chi connectivity index (χ1v) is 5.46. The summed E-state index contributed by atoms with van der Waals surface area (Å²) in [6.07, 6.45) is 7.81. The third-order valence-electron chi connectivity index (χ3n) is 1.76. The first kappa shape index (κ1) is 10.0. The van der Waals surface area contributed by atoms with Gasteiger partial charge >= 0.3 is 0 Å². The fourth-order valence-corrected chi connectivity index (χ4v) is 1.73. The summed E-state index contributed by atoms with van der Waals surface area (Å²) in [5, 5.41) is 1.53. The van der Waals surface area contributed by atoms with Crippen LogP contribution < -0.4 is 0 Å². The average Bonchev–Trinajstić information content (AvgIpc) is 2.31. The molecule has 5 heteroatoms. The number of hydrogen-bond donors (Lipinski definition) is 0. The summed E-state index contributed by atoms with van der Waals surface area (Å²) in [6.45, 7) is 2.05. The lowest BCUT2D eigenvalue weighted by molar-refractivity contribution is 0.915. The van der Waals surface area contributed by atoms with Crippen LogP contribution in [0.15, 0.2) is 41.0 Å². The van der Waals surface area contributed by atoms with Gasteiger partial charge in [-0.2, -0.15) is 0 Å². The van der Waals surface area contributed by atoms with E-state index in [1.54, 1.807) is 30.9 Å². The van der Waals surface area contributed by atoms with Crippen LogP contribution in [0.4, 0.5) is 0 Å². The molecule has 0 spiro atoms. The molecule has 15 heavy (non-hydrogen) atoms. The van der Waals surface area contributed by atoms with E-state index < -0.39 is 0 Å². The van der Waals surface area contributed by atoms with Gasteiger partial charge in [0, 0.05) is 18.6 Å². The summed E-state index contributed by atoms with van der Waals surface area (Å²) in [4.78, 5) is 16.7. The highest BCUT2D eigenvalue weighted by Gasteiger charge is 2.01. The van der Waals surface area contributed by atoms with E-state index in [1.165, 1.54) is 11.8 Å². The Morgan fingerprint density at radius 3 is 2.73 bits per heavy atom. The van der Waals surface area contributed by atoms with Gasteiger partial charge in [-0.25, -0.2) is 15.0 Å². The number of aryl methyl sites for hydroxylation is 1. The van der Waals surface area contributed by atoms with Crippen molar-refractivity contribution in [3.8, 4) is 0 Å². The topological polar surface area (TPSA) is 51.6 Å². The predicted molar refractivity (Wildman–Crippen MR) is 57.6 cm³/mol. The zero-order chi connectivity index (χ0) is 10.5. The van der Waals surface area contributed by atoms with Crippen molar-refractivity contribution in [2.75, 3.05) is 0 Å². The van der Waals surface area contributed by atoms with Crippen molar-refractivity contribution in [2.45, 2.75) is 23.5 Å². The normalized spacial score (nSPS) is 10.2. The summed E-state index contributed by atoms with van der Waals surface area (Å²) in [5.41, 5.74) is 0.982. The summed E-state index contributed by atoms with van der Waals surface area (Å²) in [6, 6.07) is 1.79. The summed E-state index contributed by atoms with van der Waals surface area (Å²) >= 11 is 1.42. The van der Waals surface area contributed by atoms with Crippen molar-refractivity contribution in [3.63, 3.8) is 0 Å². The first-order chi connectivity index (χ1) is 7.38. The van der Waals surface area contributed by atoms with Gasteiger partial charge in [0.05, 0.1) is 11.9 Å². The SMILES string of the molecule is CCc1cncc(Sc2ncccn2)n1. The molecule has 2 aromatic heterocycles. The molecule has 76 valence electrons. The second-order valence-corrected chi connectivity index (χ2v) is 3.82. The summed E-state index contributed by atoms with van der Waals surface area (Å²) in [7, 11) is 0. The lowest BCUT2D eigenvalue weighted by Crippen LogP contribution is -1.92. The van der Waals surface area contributed by atoms with E-state index in [2.05, 4.69) is 26.9 Å². The second kappa shape index (κ2) is 4.84. The number of hydrogen-bond acceptors (Lipinski definition) is 5. The highest BCUT2D eigenvalue weighted by Crippen LogP contribution is 2.20. The largest absolute Gasteiger partial charge is 0.260 e. The average molecular weight is 218 g/mol. The molecule has 0 saturated carbocycles. The van der Waals surface area contributed by atoms with Crippen molar-refractivity contribution in [1.82, 2.24) is 19.9 Å². The first-order valence-electron chi connectivity index (χ1n) is 4.64. The molecule has 0 unspecified atom stereocenters. The van der Waals surface area contributed by atoms with Gasteiger partial charge in [0.15, 0.2) is 5.16 Å². The molecule has 0 bridgehead atoms. The molecule has 2 heterocycles. The monoisotopic (exact) mass is 218 g/mol. The molecule has 2 aromatic rings. The van der Waals surface area contributed by atoms with E-state index in [0.29, 0.717) is 5.16 Å². The zero-order valence-corrected chi connectivity index (χ0v) is 9.11. The van der Waals surface area contributed by atoms with Gasteiger partial charge in [-0.3, -0.25) is 4.98 Å². The Kier molecular flexibility index (Phi) is 3.24. The van der Waals surface area contributed by atoms with Crippen molar-refractivity contribution >= 4 is 11.8 Å². The number of aromatic nitrogens is 4. The fourth-order valence-electron chi connectivity index (χ4n) is 1.04. The Labute approximate surface area is 92.2 Å².